The normalized spacial score (nSPS) is 18.0. The van der Waals surface area contributed by atoms with Gasteiger partial charge in [-0.1, -0.05) is 18.2 Å². The zero-order valence-corrected chi connectivity index (χ0v) is 11.0. The molecule has 1 heterocycles. The van der Waals surface area contributed by atoms with Crippen LogP contribution in [0.2, 0.25) is 0 Å². The van der Waals surface area contributed by atoms with Gasteiger partial charge in [0.25, 0.3) is 5.91 Å². The van der Waals surface area contributed by atoms with Crippen LogP contribution in [0.25, 0.3) is 0 Å². The molecule has 1 aromatic carbocycles. The second-order valence-electron chi connectivity index (χ2n) is 4.66. The fraction of sp³-hybridized carbons (Fsp3) is 0.357. The molecule has 3 amide bonds. The molecular weight excluding hydrogens is 258 g/mol. The Morgan fingerprint density at radius 1 is 1.25 bits per heavy atom. The van der Waals surface area contributed by atoms with E-state index >= 15 is 0 Å². The number of hydrogen-bond donors (Lipinski definition) is 3. The molecule has 0 spiro atoms. The molecule has 20 heavy (non-hydrogen) atoms. The summed E-state index contributed by atoms with van der Waals surface area (Å²) in [5.74, 6) is -0.527. The zero-order chi connectivity index (χ0) is 14.4. The van der Waals surface area contributed by atoms with Crippen LogP contribution in [-0.4, -0.2) is 36.9 Å². The molecule has 1 unspecified atom stereocenters. The van der Waals surface area contributed by atoms with Crippen LogP contribution in [0.1, 0.15) is 23.2 Å². The van der Waals surface area contributed by atoms with Gasteiger partial charge in [-0.05, 0) is 18.6 Å². The predicted molar refractivity (Wildman–Crippen MR) is 72.9 cm³/mol. The maximum Gasteiger partial charge on any atom is 0.251 e. The topological polar surface area (TPSA) is 87.3 Å². The predicted octanol–water partition coefficient (Wildman–Crippen LogP) is -0.189. The number of rotatable bonds is 4. The minimum absolute atomic E-state index is 0.00730. The second kappa shape index (κ2) is 6.70. The lowest BCUT2D eigenvalue weighted by atomic mass is 10.1. The van der Waals surface area contributed by atoms with E-state index in [9.17, 15) is 14.4 Å². The number of amides is 3. The van der Waals surface area contributed by atoms with E-state index in [1.807, 2.05) is 6.07 Å². The average molecular weight is 275 g/mol. The van der Waals surface area contributed by atoms with Crippen molar-refractivity contribution in [3.8, 4) is 0 Å². The van der Waals surface area contributed by atoms with Crippen molar-refractivity contribution in [2.45, 2.75) is 18.9 Å². The molecule has 3 N–H and O–H groups in total. The van der Waals surface area contributed by atoms with Gasteiger partial charge in [0.2, 0.25) is 11.8 Å². The Bertz CT molecular complexity index is 492. The first-order valence-corrected chi connectivity index (χ1v) is 6.54. The highest BCUT2D eigenvalue weighted by Crippen LogP contribution is 2.02. The van der Waals surface area contributed by atoms with Crippen molar-refractivity contribution in [1.29, 1.82) is 0 Å². The van der Waals surface area contributed by atoms with Crippen molar-refractivity contribution in [3.05, 3.63) is 35.9 Å². The third-order valence-electron chi connectivity index (χ3n) is 3.08. The highest BCUT2D eigenvalue weighted by molar-refractivity contribution is 5.96. The van der Waals surface area contributed by atoms with Gasteiger partial charge in [-0.25, -0.2) is 0 Å². The Morgan fingerprint density at radius 2 is 2.00 bits per heavy atom. The van der Waals surface area contributed by atoms with Crippen LogP contribution >= 0.6 is 0 Å². The van der Waals surface area contributed by atoms with Gasteiger partial charge < -0.3 is 16.0 Å². The van der Waals surface area contributed by atoms with Gasteiger partial charge in [0.1, 0.15) is 0 Å². The van der Waals surface area contributed by atoms with Gasteiger partial charge in [-0.15, -0.1) is 0 Å². The van der Waals surface area contributed by atoms with E-state index < -0.39 is 0 Å². The molecule has 1 aliphatic rings. The summed E-state index contributed by atoms with van der Waals surface area (Å²) in [5, 5.41) is 8.02. The summed E-state index contributed by atoms with van der Waals surface area (Å²) >= 11 is 0. The number of carbonyl (C=O) groups is 3. The second-order valence-corrected chi connectivity index (χ2v) is 4.66. The molecule has 1 aliphatic heterocycles. The molecule has 106 valence electrons. The van der Waals surface area contributed by atoms with E-state index in [1.54, 1.807) is 24.3 Å². The molecular formula is C14H17N3O3. The summed E-state index contributed by atoms with van der Waals surface area (Å²) in [7, 11) is 0. The number of piperidine rings is 1. The highest BCUT2D eigenvalue weighted by atomic mass is 16.2. The van der Waals surface area contributed by atoms with Crippen molar-refractivity contribution in [2.24, 2.45) is 0 Å². The first-order valence-electron chi connectivity index (χ1n) is 6.54. The number of carbonyl (C=O) groups excluding carboxylic acids is 3. The number of hydrogen-bond acceptors (Lipinski definition) is 3. The van der Waals surface area contributed by atoms with Gasteiger partial charge in [-0.2, -0.15) is 0 Å². The van der Waals surface area contributed by atoms with Crippen LogP contribution in [0.4, 0.5) is 0 Å². The molecule has 0 radical (unpaired) electrons. The Balaban J connectivity index is 1.72. The molecule has 0 aromatic heterocycles. The van der Waals surface area contributed by atoms with Crippen LogP contribution in [0.3, 0.4) is 0 Å². The fourth-order valence-corrected chi connectivity index (χ4v) is 1.99. The van der Waals surface area contributed by atoms with Crippen LogP contribution in [0, 0.1) is 0 Å². The van der Waals surface area contributed by atoms with Gasteiger partial charge in [0.05, 0.1) is 6.54 Å². The smallest absolute Gasteiger partial charge is 0.251 e. The van der Waals surface area contributed by atoms with Gasteiger partial charge in [-0.3, -0.25) is 14.4 Å². The number of nitrogens with one attached hydrogen (secondary N) is 3. The lowest BCUT2D eigenvalue weighted by molar-refractivity contribution is -0.125. The SMILES string of the molecule is O=C1CCC(NC(=O)CNC(=O)c2ccccc2)CN1. The van der Waals surface area contributed by atoms with Crippen molar-refractivity contribution < 1.29 is 14.4 Å². The first kappa shape index (κ1) is 14.0. The molecule has 1 saturated heterocycles. The molecule has 0 aliphatic carbocycles. The van der Waals surface area contributed by atoms with E-state index in [-0.39, 0.29) is 30.3 Å². The minimum Gasteiger partial charge on any atom is -0.354 e. The molecule has 0 saturated carbocycles. The molecule has 0 bridgehead atoms. The third-order valence-corrected chi connectivity index (χ3v) is 3.08. The maximum atomic E-state index is 11.7. The van der Waals surface area contributed by atoms with Gasteiger partial charge in [0.15, 0.2) is 0 Å². The molecule has 6 heteroatoms. The van der Waals surface area contributed by atoms with Crippen molar-refractivity contribution in [2.75, 3.05) is 13.1 Å². The van der Waals surface area contributed by atoms with Crippen molar-refractivity contribution >= 4 is 17.7 Å². The summed E-state index contributed by atoms with van der Waals surface area (Å²) < 4.78 is 0. The molecule has 1 aromatic rings. The molecule has 2 rings (SSSR count). The summed E-state index contributed by atoms with van der Waals surface area (Å²) in [6.07, 6.45) is 1.05. The molecule has 1 fully saturated rings. The van der Waals surface area contributed by atoms with Crippen molar-refractivity contribution in [1.82, 2.24) is 16.0 Å². The van der Waals surface area contributed by atoms with E-state index in [0.717, 1.165) is 0 Å². The standard InChI is InChI=1S/C14H17N3O3/c18-12-7-6-11(8-15-12)17-13(19)9-16-14(20)10-4-2-1-3-5-10/h1-5,11H,6-9H2,(H,15,18)(H,16,20)(H,17,19). The van der Waals surface area contributed by atoms with Gasteiger partial charge in [0, 0.05) is 24.6 Å². The van der Waals surface area contributed by atoms with Crippen LogP contribution in [-0.2, 0) is 9.59 Å². The monoisotopic (exact) mass is 275 g/mol. The molecule has 6 nitrogen and oxygen atoms in total. The van der Waals surface area contributed by atoms with E-state index in [2.05, 4.69) is 16.0 Å². The Hall–Kier alpha value is -2.37. The maximum absolute atomic E-state index is 11.7. The van der Waals surface area contributed by atoms with E-state index in [1.165, 1.54) is 0 Å². The first-order chi connectivity index (χ1) is 9.65. The van der Waals surface area contributed by atoms with Crippen LogP contribution in [0.5, 0.6) is 0 Å². The Labute approximate surface area is 116 Å². The minimum atomic E-state index is -0.280. The van der Waals surface area contributed by atoms with Crippen molar-refractivity contribution in [3.63, 3.8) is 0 Å². The van der Waals surface area contributed by atoms with E-state index in [4.69, 9.17) is 0 Å². The zero-order valence-electron chi connectivity index (χ0n) is 11.0. The highest BCUT2D eigenvalue weighted by Gasteiger charge is 2.19. The largest absolute Gasteiger partial charge is 0.354 e. The summed E-state index contributed by atoms with van der Waals surface area (Å²) in [6.45, 7) is 0.370. The summed E-state index contributed by atoms with van der Waals surface area (Å²) in [4.78, 5) is 34.4. The lowest BCUT2D eigenvalue weighted by Gasteiger charge is -2.23. The average Bonchev–Trinajstić information content (AvgIpc) is 2.48. The molecule has 1 atom stereocenters. The lowest BCUT2D eigenvalue weighted by Crippen LogP contribution is -2.50. The van der Waals surface area contributed by atoms with E-state index in [0.29, 0.717) is 24.9 Å². The Kier molecular flexibility index (Phi) is 4.70. The quantitative estimate of drug-likeness (QED) is 0.712. The third kappa shape index (κ3) is 4.08. The van der Waals surface area contributed by atoms with Gasteiger partial charge >= 0.3 is 0 Å². The van der Waals surface area contributed by atoms with Crippen LogP contribution < -0.4 is 16.0 Å². The summed E-state index contributed by atoms with van der Waals surface area (Å²) in [5.41, 5.74) is 0.519. The Morgan fingerprint density at radius 3 is 2.65 bits per heavy atom. The summed E-state index contributed by atoms with van der Waals surface area (Å²) in [6, 6.07) is 8.66. The van der Waals surface area contributed by atoms with Crippen LogP contribution in [0.15, 0.2) is 30.3 Å². The fourth-order valence-electron chi connectivity index (χ4n) is 1.99. The number of benzene rings is 1.